The first kappa shape index (κ1) is 23.8. The van der Waals surface area contributed by atoms with E-state index in [2.05, 4.69) is 10.1 Å². The smallest absolute Gasteiger partial charge is 0.252 e. The molecule has 4 atom stereocenters. The Labute approximate surface area is 219 Å². The summed E-state index contributed by atoms with van der Waals surface area (Å²) >= 11 is 0. The van der Waals surface area contributed by atoms with Crippen LogP contribution in [0.5, 0.6) is 17.2 Å². The van der Waals surface area contributed by atoms with Crippen molar-refractivity contribution in [2.75, 3.05) is 12.3 Å². The Kier molecular flexibility index (Phi) is 6.28. The molecule has 192 valence electrons. The van der Waals surface area contributed by atoms with Crippen LogP contribution in [0.15, 0.2) is 109 Å². The lowest BCUT2D eigenvalue weighted by Crippen LogP contribution is -2.48. The summed E-state index contributed by atoms with van der Waals surface area (Å²) in [6.45, 7) is 0.0961. The van der Waals surface area contributed by atoms with Crippen molar-refractivity contribution in [1.29, 1.82) is 0 Å². The maximum Gasteiger partial charge on any atom is 0.252 e. The zero-order valence-electron chi connectivity index (χ0n) is 20.3. The fraction of sp³-hybridized carbons (Fsp3) is 0.172. The van der Waals surface area contributed by atoms with Crippen molar-refractivity contribution in [2.45, 2.75) is 24.1 Å². The molecule has 1 fully saturated rings. The number of aliphatic hydroxyl groups is 1. The number of hydrogen-bond donors (Lipinski definition) is 2. The summed E-state index contributed by atoms with van der Waals surface area (Å²) in [4.78, 5) is 4.05. The first-order valence-corrected chi connectivity index (χ1v) is 12.2. The van der Waals surface area contributed by atoms with Crippen LogP contribution >= 0.6 is 0 Å². The Hall–Kier alpha value is -4.60. The molecule has 0 radical (unpaired) electrons. The van der Waals surface area contributed by atoms with Gasteiger partial charge in [0.15, 0.2) is 18.0 Å². The molecule has 6 rings (SSSR count). The van der Waals surface area contributed by atoms with Gasteiger partial charge >= 0.3 is 0 Å². The van der Waals surface area contributed by atoms with Crippen molar-refractivity contribution in [3.8, 4) is 17.2 Å². The van der Waals surface area contributed by atoms with E-state index in [0.29, 0.717) is 28.5 Å². The molecule has 0 bridgehead atoms. The zero-order valence-corrected chi connectivity index (χ0v) is 20.3. The highest BCUT2D eigenvalue weighted by Gasteiger charge is 2.60. The van der Waals surface area contributed by atoms with Crippen LogP contribution in [0, 0.1) is 0 Å². The topological polar surface area (TPSA) is 113 Å². The first-order valence-electron chi connectivity index (χ1n) is 12.2. The summed E-state index contributed by atoms with van der Waals surface area (Å²) < 4.78 is 26.8. The third-order valence-electron chi connectivity index (χ3n) is 6.41. The summed E-state index contributed by atoms with van der Waals surface area (Å²) in [5, 5.41) is 16.6. The van der Waals surface area contributed by atoms with Gasteiger partial charge in [0.25, 0.3) is 5.79 Å². The van der Waals surface area contributed by atoms with Crippen LogP contribution in [0.4, 0.5) is 5.82 Å². The number of rotatable bonds is 8. The minimum absolute atomic E-state index is 0.0961. The molecule has 9 heteroatoms. The van der Waals surface area contributed by atoms with Gasteiger partial charge in [0.2, 0.25) is 0 Å². The molecule has 38 heavy (non-hydrogen) atoms. The van der Waals surface area contributed by atoms with Gasteiger partial charge in [0.1, 0.15) is 47.5 Å². The van der Waals surface area contributed by atoms with Gasteiger partial charge in [-0.15, -0.1) is 0 Å². The molecule has 1 aliphatic heterocycles. The predicted octanol–water partition coefficient (Wildman–Crippen LogP) is 3.83. The molecule has 5 aromatic rings. The maximum atomic E-state index is 12.3. The third kappa shape index (κ3) is 4.49. The van der Waals surface area contributed by atoms with Crippen molar-refractivity contribution < 1.29 is 24.1 Å². The third-order valence-corrected chi connectivity index (χ3v) is 6.41. The van der Waals surface area contributed by atoms with Gasteiger partial charge in [-0.3, -0.25) is 0 Å². The maximum absolute atomic E-state index is 12.3. The second kappa shape index (κ2) is 10.0. The number of anilines is 1. The number of ether oxygens (including phenoxy) is 4. The molecule has 0 aliphatic carbocycles. The van der Waals surface area contributed by atoms with Gasteiger partial charge in [0.05, 0.1) is 0 Å². The quantitative estimate of drug-likeness (QED) is 0.324. The summed E-state index contributed by atoms with van der Waals surface area (Å²) in [6, 6.07) is 31.4. The summed E-state index contributed by atoms with van der Waals surface area (Å²) in [6.07, 6.45) is -1.18. The molecule has 3 heterocycles. The fourth-order valence-electron chi connectivity index (χ4n) is 4.62. The van der Waals surface area contributed by atoms with E-state index in [1.54, 1.807) is 12.1 Å². The SMILES string of the molecule is Nc1ncnn2c(C3(O)O[C@H](COc4ccccc4)[C@@H](Oc4ccccc4)[C@H]3Oc3ccccc3)ccc12. The molecule has 1 aliphatic rings. The van der Waals surface area contributed by atoms with E-state index in [9.17, 15) is 5.11 Å². The average molecular weight is 511 g/mol. The van der Waals surface area contributed by atoms with E-state index in [1.165, 1.54) is 10.8 Å². The Morgan fingerprint density at radius 1 is 0.816 bits per heavy atom. The normalized spacial score (nSPS) is 22.8. The zero-order chi connectivity index (χ0) is 26.0. The number of benzene rings is 3. The molecule has 1 saturated heterocycles. The molecule has 0 amide bonds. The van der Waals surface area contributed by atoms with Crippen LogP contribution in [-0.2, 0) is 10.5 Å². The van der Waals surface area contributed by atoms with Crippen molar-refractivity contribution in [3.63, 3.8) is 0 Å². The van der Waals surface area contributed by atoms with Gasteiger partial charge in [-0.25, -0.2) is 9.50 Å². The Bertz CT molecular complexity index is 1500. The highest BCUT2D eigenvalue weighted by molar-refractivity contribution is 5.65. The van der Waals surface area contributed by atoms with Gasteiger partial charge in [-0.1, -0.05) is 54.6 Å². The van der Waals surface area contributed by atoms with Crippen LogP contribution in [0.2, 0.25) is 0 Å². The lowest BCUT2D eigenvalue weighted by Gasteiger charge is -2.30. The van der Waals surface area contributed by atoms with Crippen molar-refractivity contribution in [3.05, 3.63) is 115 Å². The van der Waals surface area contributed by atoms with E-state index in [1.807, 2.05) is 91.0 Å². The minimum Gasteiger partial charge on any atom is -0.491 e. The molecule has 0 saturated carbocycles. The molecule has 2 aromatic heterocycles. The number of para-hydroxylation sites is 3. The number of aromatic nitrogens is 3. The lowest BCUT2D eigenvalue weighted by molar-refractivity contribution is -0.237. The average Bonchev–Trinajstić information content (AvgIpc) is 3.51. The van der Waals surface area contributed by atoms with Gasteiger partial charge in [-0.05, 0) is 48.5 Å². The molecular formula is C29H26N4O5. The highest BCUT2D eigenvalue weighted by atomic mass is 16.7. The van der Waals surface area contributed by atoms with Crippen molar-refractivity contribution >= 4 is 11.3 Å². The summed E-state index contributed by atoms with van der Waals surface area (Å²) in [7, 11) is 0. The predicted molar refractivity (Wildman–Crippen MR) is 140 cm³/mol. The van der Waals surface area contributed by atoms with Crippen LogP contribution < -0.4 is 19.9 Å². The molecule has 3 aromatic carbocycles. The van der Waals surface area contributed by atoms with Gasteiger partial charge < -0.3 is 29.8 Å². The Morgan fingerprint density at radius 3 is 2.08 bits per heavy atom. The number of nitrogen functional groups attached to an aromatic ring is 1. The second-order valence-electron chi connectivity index (χ2n) is 8.88. The monoisotopic (exact) mass is 510 g/mol. The summed E-state index contributed by atoms with van der Waals surface area (Å²) in [5.41, 5.74) is 6.92. The largest absolute Gasteiger partial charge is 0.491 e. The lowest BCUT2D eigenvalue weighted by atomic mass is 10.0. The summed E-state index contributed by atoms with van der Waals surface area (Å²) in [5.74, 6) is 0.102. The number of hydrogen-bond acceptors (Lipinski definition) is 8. The number of nitrogens with zero attached hydrogens (tertiary/aromatic N) is 3. The van der Waals surface area contributed by atoms with Crippen molar-refractivity contribution in [1.82, 2.24) is 14.6 Å². The van der Waals surface area contributed by atoms with E-state index in [-0.39, 0.29) is 12.4 Å². The van der Waals surface area contributed by atoms with Gasteiger partial charge in [-0.2, -0.15) is 5.10 Å². The second-order valence-corrected chi connectivity index (χ2v) is 8.88. The fourth-order valence-corrected chi connectivity index (χ4v) is 4.62. The first-order chi connectivity index (χ1) is 18.6. The van der Waals surface area contributed by atoms with E-state index < -0.39 is 24.1 Å². The van der Waals surface area contributed by atoms with E-state index >= 15 is 0 Å². The Balaban J connectivity index is 1.43. The molecule has 1 unspecified atom stereocenters. The standard InChI is InChI=1S/C29H26N4O5/c30-28-23-16-17-25(33(23)32-19-31-28)29(34)27(37-22-14-8-3-9-15-22)26(36-21-12-6-2-7-13-21)24(38-29)18-35-20-10-4-1-5-11-20/h1-17,19,24,26-27,34H,18H2,(H2,30,31,32)/t24-,26-,27-,29?/m1/s1. The van der Waals surface area contributed by atoms with Crippen LogP contribution in [-0.4, -0.2) is 44.6 Å². The van der Waals surface area contributed by atoms with Gasteiger partial charge in [0, 0.05) is 0 Å². The Morgan fingerprint density at radius 2 is 1.42 bits per heavy atom. The van der Waals surface area contributed by atoms with Crippen LogP contribution in [0.25, 0.3) is 5.52 Å². The minimum atomic E-state index is -1.98. The molecular weight excluding hydrogens is 484 g/mol. The van der Waals surface area contributed by atoms with E-state index in [0.717, 1.165) is 0 Å². The highest BCUT2D eigenvalue weighted by Crippen LogP contribution is 2.42. The molecule has 3 N–H and O–H groups in total. The van der Waals surface area contributed by atoms with Crippen LogP contribution in [0.3, 0.4) is 0 Å². The molecule has 0 spiro atoms. The van der Waals surface area contributed by atoms with E-state index in [4.69, 9.17) is 24.7 Å². The molecule has 9 nitrogen and oxygen atoms in total. The van der Waals surface area contributed by atoms with Crippen LogP contribution in [0.1, 0.15) is 5.69 Å². The van der Waals surface area contributed by atoms with Crippen molar-refractivity contribution in [2.24, 2.45) is 0 Å². The number of nitrogens with two attached hydrogens (primary N) is 1. The number of fused-ring (bicyclic) bond motifs is 1.